The van der Waals surface area contributed by atoms with Gasteiger partial charge in [0.2, 0.25) is 0 Å². The molecule has 0 radical (unpaired) electrons. The van der Waals surface area contributed by atoms with Crippen LogP contribution in [0.3, 0.4) is 0 Å². The molecule has 0 fully saturated rings. The number of carbonyl (C=O) groups excluding carboxylic acids is 1. The van der Waals surface area contributed by atoms with Crippen molar-refractivity contribution in [3.05, 3.63) is 162 Å². The van der Waals surface area contributed by atoms with E-state index >= 15 is 0 Å². The van der Waals surface area contributed by atoms with E-state index in [4.69, 9.17) is 46.4 Å². The van der Waals surface area contributed by atoms with Crippen LogP contribution in [0, 0.1) is 34.9 Å². The van der Waals surface area contributed by atoms with Gasteiger partial charge in [-0.3, -0.25) is 4.79 Å². The van der Waals surface area contributed by atoms with E-state index in [9.17, 15) is 41.0 Å². The summed E-state index contributed by atoms with van der Waals surface area (Å²) in [5.74, 6) is -5.37. The fourth-order valence-corrected chi connectivity index (χ4v) is 6.55. The smallest absolute Gasteiger partial charge is 0.356 e. The lowest BCUT2D eigenvalue weighted by Gasteiger charge is -2.09. The Morgan fingerprint density at radius 2 is 1.03 bits per heavy atom. The molecule has 2 aromatic heterocycles. The van der Waals surface area contributed by atoms with Gasteiger partial charge in [0.25, 0.3) is 0 Å². The van der Waals surface area contributed by atoms with Crippen LogP contribution in [0.25, 0.3) is 0 Å². The van der Waals surface area contributed by atoms with E-state index in [1.54, 1.807) is 12.1 Å². The third-order valence-corrected chi connectivity index (χ3v) is 9.87. The first kappa shape index (κ1) is 49.1. The largest absolute Gasteiger partial charge is 0.476 e. The minimum absolute atomic E-state index is 0. The molecule has 0 saturated heterocycles. The van der Waals surface area contributed by atoms with Crippen LogP contribution in [-0.4, -0.2) is 49.5 Å². The van der Waals surface area contributed by atoms with Gasteiger partial charge in [-0.15, -0.1) is 0 Å². The average Bonchev–Trinajstić information content (AvgIpc) is 3.66. The average molecular weight is 919 g/mol. The standard InChI is InChI=1S/C20H16Cl2F3N3O.C19H14Cl2F3N3O2.2CH4/c1-11(29)19-14(7-8-26-17-4-2-3-15(21)18(17)25)20(22)28(27-19)10-12-9-13(23)5-6-16(12)24;20-13-2-1-3-15(16(13)24)25-7-6-12-17(19(28)29)26-27(18(12)21)9-10-8-11(22)4-5-14(10)23;;/h2-6,9,26H,7-8,10H2,1H3;1-5,8,25H,6-7,9H2,(H,28,29);2*1H4. The summed E-state index contributed by atoms with van der Waals surface area (Å²) in [4.78, 5) is 23.5. The molecule has 0 aliphatic heterocycles. The zero-order valence-corrected chi connectivity index (χ0v) is 33.0. The van der Waals surface area contributed by atoms with Crippen LogP contribution in [0.15, 0.2) is 72.8 Å². The van der Waals surface area contributed by atoms with Gasteiger partial charge in [-0.1, -0.05) is 73.4 Å². The highest BCUT2D eigenvalue weighted by molar-refractivity contribution is 6.32. The Hall–Kier alpha value is -5.22. The van der Waals surface area contributed by atoms with Crippen molar-refractivity contribution in [3.63, 3.8) is 0 Å². The van der Waals surface area contributed by atoms with Crippen LogP contribution in [0.5, 0.6) is 0 Å². The van der Waals surface area contributed by atoms with Crippen LogP contribution in [0.2, 0.25) is 20.4 Å². The summed E-state index contributed by atoms with van der Waals surface area (Å²) >= 11 is 24.1. The zero-order chi connectivity index (χ0) is 42.3. The van der Waals surface area contributed by atoms with E-state index in [1.165, 1.54) is 35.9 Å². The molecule has 4 aromatic carbocycles. The highest BCUT2D eigenvalue weighted by atomic mass is 35.5. The first-order valence-corrected chi connectivity index (χ1v) is 18.5. The number of nitrogens with one attached hydrogen (secondary N) is 2. The van der Waals surface area contributed by atoms with E-state index in [0.717, 1.165) is 41.1 Å². The number of benzene rings is 4. The molecule has 320 valence electrons. The lowest BCUT2D eigenvalue weighted by Crippen LogP contribution is -2.09. The van der Waals surface area contributed by atoms with Crippen molar-refractivity contribution in [2.75, 3.05) is 23.7 Å². The number of hydrogen-bond acceptors (Lipinski definition) is 6. The van der Waals surface area contributed by atoms with Crippen molar-refractivity contribution < 1.29 is 41.0 Å². The van der Waals surface area contributed by atoms with Crippen molar-refractivity contribution in [2.24, 2.45) is 0 Å². The molecule has 0 bridgehead atoms. The second-order valence-corrected chi connectivity index (χ2v) is 14.0. The summed E-state index contributed by atoms with van der Waals surface area (Å²) in [6, 6.07) is 15.0. The first-order valence-electron chi connectivity index (χ1n) is 17.0. The molecule has 19 heteroatoms. The summed E-state index contributed by atoms with van der Waals surface area (Å²) in [5, 5.41) is 23.2. The molecule has 2 heterocycles. The maximum atomic E-state index is 14.0. The van der Waals surface area contributed by atoms with Gasteiger partial charge in [0.15, 0.2) is 23.1 Å². The van der Waals surface area contributed by atoms with Gasteiger partial charge in [0.05, 0.1) is 34.5 Å². The lowest BCUT2D eigenvalue weighted by atomic mass is 10.1. The van der Waals surface area contributed by atoms with E-state index in [1.807, 2.05) is 0 Å². The van der Waals surface area contributed by atoms with Crippen molar-refractivity contribution in [2.45, 2.75) is 47.7 Å². The van der Waals surface area contributed by atoms with Crippen molar-refractivity contribution >= 4 is 69.5 Å². The monoisotopic (exact) mass is 916 g/mol. The Morgan fingerprint density at radius 1 is 0.633 bits per heavy atom. The van der Waals surface area contributed by atoms with E-state index in [0.29, 0.717) is 5.56 Å². The van der Waals surface area contributed by atoms with Gasteiger partial charge in [-0.2, -0.15) is 10.2 Å². The molecule has 6 aromatic rings. The molecule has 0 spiro atoms. The van der Waals surface area contributed by atoms with Crippen molar-refractivity contribution in [1.82, 2.24) is 19.6 Å². The minimum Gasteiger partial charge on any atom is -0.476 e. The molecule has 60 heavy (non-hydrogen) atoms. The number of nitrogens with zero attached hydrogens (tertiary/aromatic N) is 4. The molecule has 3 N–H and O–H groups in total. The van der Waals surface area contributed by atoms with Gasteiger partial charge in [0, 0.05) is 42.3 Å². The van der Waals surface area contributed by atoms with Gasteiger partial charge >= 0.3 is 5.97 Å². The fourth-order valence-electron chi connectivity index (χ4n) is 5.64. The van der Waals surface area contributed by atoms with Crippen LogP contribution in [0.1, 0.15) is 65.0 Å². The summed E-state index contributed by atoms with van der Waals surface area (Å²) in [7, 11) is 0. The topological polar surface area (TPSA) is 114 Å². The number of hydrogen-bond donors (Lipinski definition) is 3. The fraction of sp³-hybridized carbons (Fsp3) is 0.220. The van der Waals surface area contributed by atoms with Gasteiger partial charge in [0.1, 0.15) is 39.3 Å². The summed E-state index contributed by atoms with van der Waals surface area (Å²) in [6.45, 7) is 1.33. The van der Waals surface area contributed by atoms with E-state index in [-0.39, 0.29) is 119 Å². The second-order valence-electron chi connectivity index (χ2n) is 12.4. The predicted molar refractivity (Wildman–Crippen MR) is 223 cm³/mol. The molecular formula is C41H38Cl4F6N6O3. The Morgan fingerprint density at radius 3 is 1.43 bits per heavy atom. The number of aromatic nitrogens is 4. The number of carboxylic acids is 1. The molecule has 0 amide bonds. The molecule has 6 rings (SSSR count). The third kappa shape index (κ3) is 12.0. The number of Topliss-reactive ketones (excluding diaryl/α,β-unsaturated/α-hetero) is 1. The second kappa shape index (κ2) is 21.9. The van der Waals surface area contributed by atoms with E-state index < -0.39 is 40.9 Å². The number of anilines is 2. The van der Waals surface area contributed by atoms with Crippen LogP contribution >= 0.6 is 46.4 Å². The Bertz CT molecular complexity index is 2310. The first-order chi connectivity index (χ1) is 27.5. The third-order valence-electron chi connectivity index (χ3n) is 8.44. The molecule has 0 saturated carbocycles. The highest BCUT2D eigenvalue weighted by Crippen LogP contribution is 2.27. The van der Waals surface area contributed by atoms with Crippen molar-refractivity contribution in [3.8, 4) is 0 Å². The van der Waals surface area contributed by atoms with Crippen LogP contribution < -0.4 is 10.6 Å². The number of carboxylic acid groups (broad SMARTS) is 1. The maximum Gasteiger partial charge on any atom is 0.356 e. The van der Waals surface area contributed by atoms with Crippen LogP contribution in [-0.2, 0) is 25.9 Å². The SMILES string of the molecule is C.C.CC(=O)c1nn(Cc2cc(F)ccc2F)c(Cl)c1CCNc1cccc(Cl)c1F.O=C(O)c1nn(Cc2cc(F)ccc2F)c(Cl)c1CCNc1cccc(Cl)c1F. The van der Waals surface area contributed by atoms with Gasteiger partial charge in [-0.25, -0.2) is 40.5 Å². The lowest BCUT2D eigenvalue weighted by molar-refractivity contribution is 0.0688. The Balaban J connectivity index is 0.000000310. The minimum atomic E-state index is -1.32. The number of ketones is 1. The number of aromatic carboxylic acids is 1. The van der Waals surface area contributed by atoms with Crippen LogP contribution in [0.4, 0.5) is 37.7 Å². The van der Waals surface area contributed by atoms with Gasteiger partial charge < -0.3 is 15.7 Å². The number of rotatable bonds is 14. The molecule has 0 aliphatic rings. The summed E-state index contributed by atoms with van der Waals surface area (Å²) < 4.78 is 84.9. The predicted octanol–water partition coefficient (Wildman–Crippen LogP) is 11.8. The molecule has 9 nitrogen and oxygen atoms in total. The van der Waals surface area contributed by atoms with E-state index in [2.05, 4.69) is 20.8 Å². The Kier molecular flexibility index (Phi) is 17.9. The van der Waals surface area contributed by atoms with Crippen molar-refractivity contribution in [1.29, 1.82) is 0 Å². The normalized spacial score (nSPS) is 10.6. The molecule has 0 atom stereocenters. The molecule has 0 aliphatic carbocycles. The maximum absolute atomic E-state index is 14.0. The number of carbonyl (C=O) groups is 2. The Labute approximate surface area is 361 Å². The molecule has 0 unspecified atom stereocenters. The quantitative estimate of drug-likeness (QED) is 0.0736. The summed E-state index contributed by atoms with van der Waals surface area (Å²) in [5.41, 5.74) is 0.816. The number of halogens is 10. The summed E-state index contributed by atoms with van der Waals surface area (Å²) in [6.07, 6.45) is 0.351. The molecular weight excluding hydrogens is 880 g/mol. The van der Waals surface area contributed by atoms with Gasteiger partial charge in [-0.05, 0) is 73.5 Å². The highest BCUT2D eigenvalue weighted by Gasteiger charge is 2.23. The zero-order valence-electron chi connectivity index (χ0n) is 30.0.